The Labute approximate surface area is 96.0 Å². The first-order valence-electron chi connectivity index (χ1n) is 6.25. The second-order valence-corrected chi connectivity index (χ2v) is 4.25. The number of methoxy groups -OCH3 is 1. The van der Waals surface area contributed by atoms with Gasteiger partial charge in [-0.2, -0.15) is 0 Å². The Morgan fingerprint density at radius 2 is 1.73 bits per heavy atom. The van der Waals surface area contributed by atoms with Gasteiger partial charge in [0.25, 0.3) is 0 Å². The second kappa shape index (κ2) is 10.4. The zero-order chi connectivity index (χ0) is 12.3. The van der Waals surface area contributed by atoms with Crippen LogP contribution in [0.1, 0.15) is 60.3 Å². The Hall–Kier alpha value is -0.0800. The van der Waals surface area contributed by atoms with E-state index in [2.05, 4.69) is 13.8 Å². The number of ether oxygens (including phenoxy) is 1. The van der Waals surface area contributed by atoms with Gasteiger partial charge in [0.15, 0.2) is 0 Å². The Kier molecular flexibility index (Phi) is 12.1. The minimum atomic E-state index is -0.208. The highest BCUT2D eigenvalue weighted by molar-refractivity contribution is 4.91. The van der Waals surface area contributed by atoms with Gasteiger partial charge in [-0.1, -0.05) is 34.6 Å². The zero-order valence-corrected chi connectivity index (χ0v) is 11.5. The third-order valence-electron chi connectivity index (χ3n) is 2.38. The average Bonchev–Trinajstić information content (AvgIpc) is 2.98. The first-order chi connectivity index (χ1) is 7.04. The number of hydrogen-bond acceptors (Lipinski definition) is 2. The summed E-state index contributed by atoms with van der Waals surface area (Å²) in [7, 11) is 1.74. The van der Waals surface area contributed by atoms with Crippen molar-refractivity contribution in [3.8, 4) is 0 Å². The molecule has 0 unspecified atom stereocenters. The van der Waals surface area contributed by atoms with Gasteiger partial charge >= 0.3 is 0 Å². The highest BCUT2D eigenvalue weighted by Gasteiger charge is 2.37. The lowest BCUT2D eigenvalue weighted by Crippen LogP contribution is -2.01. The highest BCUT2D eigenvalue weighted by Crippen LogP contribution is 2.37. The smallest absolute Gasteiger partial charge is 0.0647 e. The first kappa shape index (κ1) is 17.3. The molecule has 0 atom stereocenters. The maximum Gasteiger partial charge on any atom is 0.0647 e. The highest BCUT2D eigenvalue weighted by atomic mass is 16.5. The van der Waals surface area contributed by atoms with Crippen LogP contribution in [0.2, 0.25) is 0 Å². The Balaban J connectivity index is 0. The van der Waals surface area contributed by atoms with E-state index >= 15 is 0 Å². The molecule has 0 spiro atoms. The fraction of sp³-hybridized carbons (Fsp3) is 1.00. The Bertz CT molecular complexity index is 118. The predicted octanol–water partition coefficient (Wildman–Crippen LogP) is 3.63. The molecule has 15 heavy (non-hydrogen) atoms. The maximum absolute atomic E-state index is 8.94. The molecule has 94 valence electrons. The summed E-state index contributed by atoms with van der Waals surface area (Å²) in [5.41, 5.74) is -0.208. The van der Waals surface area contributed by atoms with Gasteiger partial charge in [0.05, 0.1) is 5.60 Å². The Morgan fingerprint density at radius 3 is 1.80 bits per heavy atom. The normalized spacial score (nSPS) is 16.0. The van der Waals surface area contributed by atoms with Crippen molar-refractivity contribution in [3.05, 3.63) is 0 Å². The molecule has 0 aromatic heterocycles. The summed E-state index contributed by atoms with van der Waals surface area (Å²) in [6.07, 6.45) is 4.18. The lowest BCUT2D eigenvalue weighted by atomic mass is 10.1. The van der Waals surface area contributed by atoms with Crippen molar-refractivity contribution in [1.82, 2.24) is 0 Å². The summed E-state index contributed by atoms with van der Waals surface area (Å²) in [5.74, 6) is 0.778. The molecule has 1 aliphatic carbocycles. The van der Waals surface area contributed by atoms with Crippen LogP contribution in [0.15, 0.2) is 0 Å². The van der Waals surface area contributed by atoms with Gasteiger partial charge < -0.3 is 9.84 Å². The molecule has 0 bridgehead atoms. The molecule has 1 fully saturated rings. The summed E-state index contributed by atoms with van der Waals surface area (Å²) >= 11 is 0. The SMILES string of the molecule is CC.CCC1(O)CC1.COCCC(C)C. The van der Waals surface area contributed by atoms with Crippen molar-refractivity contribution in [2.45, 2.75) is 65.9 Å². The second-order valence-electron chi connectivity index (χ2n) is 4.25. The fourth-order valence-electron chi connectivity index (χ4n) is 0.851. The van der Waals surface area contributed by atoms with Gasteiger partial charge in [-0.3, -0.25) is 0 Å². The van der Waals surface area contributed by atoms with E-state index in [1.165, 1.54) is 6.42 Å². The van der Waals surface area contributed by atoms with Crippen molar-refractivity contribution in [3.63, 3.8) is 0 Å². The van der Waals surface area contributed by atoms with E-state index in [0.29, 0.717) is 0 Å². The van der Waals surface area contributed by atoms with Crippen LogP contribution in [0.25, 0.3) is 0 Å². The van der Waals surface area contributed by atoms with E-state index < -0.39 is 0 Å². The van der Waals surface area contributed by atoms with Gasteiger partial charge in [-0.25, -0.2) is 0 Å². The summed E-state index contributed by atoms with van der Waals surface area (Å²) in [6, 6.07) is 0. The first-order valence-corrected chi connectivity index (χ1v) is 6.25. The molecule has 1 aliphatic rings. The van der Waals surface area contributed by atoms with Crippen molar-refractivity contribution in [1.29, 1.82) is 0 Å². The minimum Gasteiger partial charge on any atom is -0.390 e. The van der Waals surface area contributed by atoms with Crippen molar-refractivity contribution < 1.29 is 9.84 Å². The Morgan fingerprint density at radius 1 is 1.27 bits per heavy atom. The molecule has 1 rings (SSSR count). The van der Waals surface area contributed by atoms with Crippen molar-refractivity contribution >= 4 is 0 Å². The van der Waals surface area contributed by atoms with Gasteiger partial charge in [-0.15, -0.1) is 0 Å². The lowest BCUT2D eigenvalue weighted by Gasteiger charge is -1.99. The summed E-state index contributed by atoms with van der Waals surface area (Å²) in [6.45, 7) is 11.3. The molecular weight excluding hydrogens is 188 g/mol. The zero-order valence-electron chi connectivity index (χ0n) is 11.5. The van der Waals surface area contributed by atoms with Crippen LogP contribution in [0, 0.1) is 5.92 Å². The average molecular weight is 218 g/mol. The molecule has 1 N–H and O–H groups in total. The molecule has 0 amide bonds. The fourth-order valence-corrected chi connectivity index (χ4v) is 0.851. The summed E-state index contributed by atoms with van der Waals surface area (Å²) in [4.78, 5) is 0. The van der Waals surface area contributed by atoms with Crippen LogP contribution < -0.4 is 0 Å². The van der Waals surface area contributed by atoms with Gasteiger partial charge in [0.1, 0.15) is 0 Å². The predicted molar refractivity (Wildman–Crippen MR) is 67.2 cm³/mol. The van der Waals surface area contributed by atoms with E-state index in [-0.39, 0.29) is 5.60 Å². The third kappa shape index (κ3) is 13.9. The quantitative estimate of drug-likeness (QED) is 0.781. The maximum atomic E-state index is 8.94. The van der Waals surface area contributed by atoms with Crippen molar-refractivity contribution in [2.24, 2.45) is 5.92 Å². The van der Waals surface area contributed by atoms with E-state index in [9.17, 15) is 0 Å². The van der Waals surface area contributed by atoms with Crippen LogP contribution in [0.5, 0.6) is 0 Å². The molecule has 0 heterocycles. The van der Waals surface area contributed by atoms with Crippen LogP contribution in [-0.4, -0.2) is 24.4 Å². The third-order valence-corrected chi connectivity index (χ3v) is 2.38. The lowest BCUT2D eigenvalue weighted by molar-refractivity contribution is 0.146. The molecule has 0 aromatic carbocycles. The van der Waals surface area contributed by atoms with E-state index in [0.717, 1.165) is 31.8 Å². The number of aliphatic hydroxyl groups is 1. The van der Waals surface area contributed by atoms with Crippen LogP contribution in [0.4, 0.5) is 0 Å². The molecule has 1 saturated carbocycles. The van der Waals surface area contributed by atoms with E-state index in [1.54, 1.807) is 7.11 Å². The molecule has 0 saturated heterocycles. The van der Waals surface area contributed by atoms with Gasteiger partial charge in [0, 0.05) is 13.7 Å². The van der Waals surface area contributed by atoms with Crippen LogP contribution >= 0.6 is 0 Å². The molecule has 0 radical (unpaired) electrons. The van der Waals surface area contributed by atoms with Crippen molar-refractivity contribution in [2.75, 3.05) is 13.7 Å². The largest absolute Gasteiger partial charge is 0.390 e. The van der Waals surface area contributed by atoms with Gasteiger partial charge in [-0.05, 0) is 31.6 Å². The minimum absolute atomic E-state index is 0.208. The topological polar surface area (TPSA) is 29.5 Å². The van der Waals surface area contributed by atoms with E-state index in [1.807, 2.05) is 20.8 Å². The monoisotopic (exact) mass is 218 g/mol. The van der Waals surface area contributed by atoms with Gasteiger partial charge in [0.2, 0.25) is 0 Å². The number of hydrogen-bond donors (Lipinski definition) is 1. The summed E-state index contributed by atoms with van der Waals surface area (Å²) in [5, 5.41) is 8.94. The van der Waals surface area contributed by atoms with E-state index in [4.69, 9.17) is 9.84 Å². The number of rotatable bonds is 4. The van der Waals surface area contributed by atoms with Crippen LogP contribution in [-0.2, 0) is 4.74 Å². The molecule has 0 aromatic rings. The molecule has 0 aliphatic heterocycles. The molecular formula is C13H30O2. The summed E-state index contributed by atoms with van der Waals surface area (Å²) < 4.78 is 4.85. The molecule has 2 nitrogen and oxygen atoms in total. The standard InChI is InChI=1S/C6H14O.C5H10O.C2H6/c1-6(2)4-5-7-3;1-2-5(6)3-4-5;1-2/h6H,4-5H2,1-3H3;6H,2-4H2,1H3;1-2H3. The molecule has 2 heteroatoms. The van der Waals surface area contributed by atoms with Crippen LogP contribution in [0.3, 0.4) is 0 Å².